The van der Waals surface area contributed by atoms with Crippen molar-refractivity contribution in [2.45, 2.75) is 19.4 Å². The fraction of sp³-hybridized carbons (Fsp3) is 0.667. The van der Waals surface area contributed by atoms with Crippen LogP contribution in [0.2, 0.25) is 0 Å². The third-order valence-electron chi connectivity index (χ3n) is 1.43. The number of rotatable bonds is 0. The normalized spacial score (nSPS) is 23.4. The van der Waals surface area contributed by atoms with Crippen LogP contribution in [0.1, 0.15) is 13.3 Å². The van der Waals surface area contributed by atoms with Gasteiger partial charge in [-0.15, -0.1) is 0 Å². The Bertz CT molecular complexity index is 167. The molecular formula is C6H10N2O2. The molecule has 1 atom stereocenters. The van der Waals surface area contributed by atoms with Gasteiger partial charge in [-0.05, 0) is 6.92 Å². The molecule has 1 heterocycles. The maximum absolute atomic E-state index is 10.8. The zero-order valence-electron chi connectivity index (χ0n) is 6.07. The monoisotopic (exact) mass is 142 g/mol. The molecule has 1 aliphatic rings. The Labute approximate surface area is 59.5 Å². The molecule has 4 nitrogen and oxygen atoms in total. The van der Waals surface area contributed by atoms with Crippen molar-refractivity contribution < 1.29 is 9.53 Å². The minimum atomic E-state index is -0.388. The summed E-state index contributed by atoms with van der Waals surface area (Å²) in [7, 11) is 1.35. The molecule has 4 heteroatoms. The molecule has 0 aromatic heterocycles. The first kappa shape index (κ1) is 7.05. The van der Waals surface area contributed by atoms with Crippen molar-refractivity contribution in [2.75, 3.05) is 7.11 Å². The number of ether oxygens (including phenoxy) is 1. The Morgan fingerprint density at radius 1 is 1.90 bits per heavy atom. The van der Waals surface area contributed by atoms with E-state index in [0.717, 1.165) is 6.42 Å². The van der Waals surface area contributed by atoms with Crippen LogP contribution in [0.4, 0.5) is 4.79 Å². The Morgan fingerprint density at radius 3 is 3.00 bits per heavy atom. The zero-order chi connectivity index (χ0) is 7.56. The van der Waals surface area contributed by atoms with Gasteiger partial charge in [0.2, 0.25) is 0 Å². The molecule has 0 N–H and O–H groups in total. The van der Waals surface area contributed by atoms with Crippen molar-refractivity contribution in [1.82, 2.24) is 5.01 Å². The average Bonchev–Trinajstić information content (AvgIpc) is 2.34. The molecule has 0 aromatic rings. The van der Waals surface area contributed by atoms with Gasteiger partial charge in [0.25, 0.3) is 0 Å². The largest absolute Gasteiger partial charge is 0.451 e. The third-order valence-corrected chi connectivity index (χ3v) is 1.43. The molecule has 10 heavy (non-hydrogen) atoms. The highest BCUT2D eigenvalue weighted by Gasteiger charge is 2.22. The standard InChI is InChI=1S/C6H10N2O2/c1-5-3-4-7-8(5)6(9)10-2/h4-5H,3H2,1-2H3. The predicted octanol–water partition coefficient (Wildman–Crippen LogP) is 0.833. The Kier molecular flexibility index (Phi) is 1.89. The number of carbonyl (C=O) groups is 1. The lowest BCUT2D eigenvalue weighted by Gasteiger charge is -2.15. The molecule has 1 amide bonds. The molecule has 1 aliphatic heterocycles. The van der Waals surface area contributed by atoms with Gasteiger partial charge in [-0.3, -0.25) is 0 Å². The lowest BCUT2D eigenvalue weighted by Crippen LogP contribution is -2.30. The first-order valence-electron chi connectivity index (χ1n) is 3.15. The Morgan fingerprint density at radius 2 is 2.60 bits per heavy atom. The molecule has 0 bridgehead atoms. The first-order valence-corrected chi connectivity index (χ1v) is 3.15. The van der Waals surface area contributed by atoms with Crippen LogP contribution in [0.3, 0.4) is 0 Å². The van der Waals surface area contributed by atoms with Gasteiger partial charge in [0.15, 0.2) is 0 Å². The second kappa shape index (κ2) is 2.68. The van der Waals surface area contributed by atoms with Crippen LogP contribution in [0.25, 0.3) is 0 Å². The maximum atomic E-state index is 10.8. The Balaban J connectivity index is 2.55. The highest BCUT2D eigenvalue weighted by molar-refractivity contribution is 5.72. The van der Waals surface area contributed by atoms with Gasteiger partial charge in [-0.2, -0.15) is 10.1 Å². The van der Waals surface area contributed by atoms with Gasteiger partial charge in [-0.1, -0.05) is 0 Å². The van der Waals surface area contributed by atoms with Crippen molar-refractivity contribution in [3.63, 3.8) is 0 Å². The molecule has 0 saturated carbocycles. The van der Waals surface area contributed by atoms with Crippen molar-refractivity contribution in [1.29, 1.82) is 0 Å². The first-order chi connectivity index (χ1) is 4.75. The summed E-state index contributed by atoms with van der Waals surface area (Å²) in [5.41, 5.74) is 0. The molecule has 1 rings (SSSR count). The quantitative estimate of drug-likeness (QED) is 0.502. The zero-order valence-corrected chi connectivity index (χ0v) is 6.07. The van der Waals surface area contributed by atoms with Crippen LogP contribution < -0.4 is 0 Å². The van der Waals surface area contributed by atoms with Gasteiger partial charge in [0.1, 0.15) is 0 Å². The number of carbonyl (C=O) groups excluding carboxylic acids is 1. The van der Waals surface area contributed by atoms with E-state index in [4.69, 9.17) is 0 Å². The Hall–Kier alpha value is -1.06. The summed E-state index contributed by atoms with van der Waals surface area (Å²) in [6.45, 7) is 1.92. The summed E-state index contributed by atoms with van der Waals surface area (Å²) in [6.07, 6.45) is 2.14. The number of nitrogens with zero attached hydrogens (tertiary/aromatic N) is 2. The van der Waals surface area contributed by atoms with Gasteiger partial charge < -0.3 is 4.74 Å². The van der Waals surface area contributed by atoms with E-state index in [1.165, 1.54) is 12.1 Å². The van der Waals surface area contributed by atoms with Crippen LogP contribution in [0.5, 0.6) is 0 Å². The maximum Gasteiger partial charge on any atom is 0.430 e. The summed E-state index contributed by atoms with van der Waals surface area (Å²) >= 11 is 0. The summed E-state index contributed by atoms with van der Waals surface area (Å²) < 4.78 is 4.48. The molecule has 0 radical (unpaired) electrons. The van der Waals surface area contributed by atoms with Crippen LogP contribution in [0, 0.1) is 0 Å². The molecular weight excluding hydrogens is 132 g/mol. The van der Waals surface area contributed by atoms with E-state index in [1.54, 1.807) is 6.21 Å². The van der Waals surface area contributed by atoms with E-state index in [-0.39, 0.29) is 12.1 Å². The summed E-state index contributed by atoms with van der Waals surface area (Å²) in [6, 6.07) is 0.146. The topological polar surface area (TPSA) is 41.9 Å². The smallest absolute Gasteiger partial charge is 0.430 e. The van der Waals surface area contributed by atoms with E-state index in [2.05, 4.69) is 9.84 Å². The highest BCUT2D eigenvalue weighted by atomic mass is 16.5. The van der Waals surface area contributed by atoms with E-state index < -0.39 is 0 Å². The lowest BCUT2D eigenvalue weighted by molar-refractivity contribution is 0.116. The van der Waals surface area contributed by atoms with Gasteiger partial charge in [0, 0.05) is 12.6 Å². The highest BCUT2D eigenvalue weighted by Crippen LogP contribution is 2.10. The molecule has 0 fully saturated rings. The number of hydrogen-bond donors (Lipinski definition) is 0. The number of amides is 1. The van der Waals surface area contributed by atoms with Crippen molar-refractivity contribution in [3.05, 3.63) is 0 Å². The van der Waals surface area contributed by atoms with Crippen molar-refractivity contribution in [3.8, 4) is 0 Å². The summed E-state index contributed by atoms with van der Waals surface area (Å²) in [5, 5.41) is 5.15. The summed E-state index contributed by atoms with van der Waals surface area (Å²) in [5.74, 6) is 0. The molecule has 1 unspecified atom stereocenters. The fourth-order valence-corrected chi connectivity index (χ4v) is 0.822. The second-order valence-corrected chi connectivity index (χ2v) is 2.20. The van der Waals surface area contributed by atoms with E-state index >= 15 is 0 Å². The number of hydrogen-bond acceptors (Lipinski definition) is 3. The van der Waals surface area contributed by atoms with Crippen LogP contribution >= 0.6 is 0 Å². The van der Waals surface area contributed by atoms with Gasteiger partial charge >= 0.3 is 6.09 Å². The van der Waals surface area contributed by atoms with E-state index in [1.807, 2.05) is 6.92 Å². The van der Waals surface area contributed by atoms with Crippen molar-refractivity contribution >= 4 is 12.3 Å². The van der Waals surface area contributed by atoms with E-state index in [9.17, 15) is 4.79 Å². The molecule has 56 valence electrons. The molecule has 0 aromatic carbocycles. The minimum Gasteiger partial charge on any atom is -0.451 e. The van der Waals surface area contributed by atoms with Gasteiger partial charge in [0.05, 0.1) is 13.2 Å². The van der Waals surface area contributed by atoms with Crippen LogP contribution in [-0.2, 0) is 4.74 Å². The number of methoxy groups -OCH3 is 1. The van der Waals surface area contributed by atoms with Crippen molar-refractivity contribution in [2.24, 2.45) is 5.10 Å². The second-order valence-electron chi connectivity index (χ2n) is 2.20. The average molecular weight is 142 g/mol. The molecule has 0 aliphatic carbocycles. The fourth-order valence-electron chi connectivity index (χ4n) is 0.822. The molecule has 0 saturated heterocycles. The van der Waals surface area contributed by atoms with Crippen LogP contribution in [0.15, 0.2) is 5.10 Å². The third kappa shape index (κ3) is 1.10. The summed E-state index contributed by atoms with van der Waals surface area (Å²) in [4.78, 5) is 10.8. The lowest BCUT2D eigenvalue weighted by atomic mass is 10.3. The van der Waals surface area contributed by atoms with E-state index in [0.29, 0.717) is 0 Å². The SMILES string of the molecule is COC(=O)N1N=CCC1C. The predicted molar refractivity (Wildman–Crippen MR) is 36.8 cm³/mol. The molecule has 0 spiro atoms. The van der Waals surface area contributed by atoms with Gasteiger partial charge in [-0.25, -0.2) is 4.79 Å². The minimum absolute atomic E-state index is 0.146. The van der Waals surface area contributed by atoms with Crippen LogP contribution in [-0.4, -0.2) is 30.5 Å². The number of hydrazone groups is 1.